The van der Waals surface area contributed by atoms with E-state index in [1.807, 2.05) is 26.0 Å². The number of pyridine rings is 1. The SMILES string of the molecule is CCNc1nc(CCNS(=O)(=O)c2ccc(OC(CC)CC)cc2)ccc1C. The molecule has 0 unspecified atom stereocenters. The van der Waals surface area contributed by atoms with E-state index in [0.717, 1.165) is 36.5 Å². The van der Waals surface area contributed by atoms with Gasteiger partial charge in [0.05, 0.1) is 11.0 Å². The lowest BCUT2D eigenvalue weighted by atomic mass is 10.2. The molecule has 0 saturated heterocycles. The summed E-state index contributed by atoms with van der Waals surface area (Å²) >= 11 is 0. The largest absolute Gasteiger partial charge is 0.490 e. The van der Waals surface area contributed by atoms with E-state index in [2.05, 4.69) is 28.9 Å². The highest BCUT2D eigenvalue weighted by molar-refractivity contribution is 7.89. The summed E-state index contributed by atoms with van der Waals surface area (Å²) < 4.78 is 33.5. The number of hydrogen-bond acceptors (Lipinski definition) is 5. The summed E-state index contributed by atoms with van der Waals surface area (Å²) in [5, 5.41) is 3.21. The quantitative estimate of drug-likeness (QED) is 0.592. The van der Waals surface area contributed by atoms with E-state index in [1.54, 1.807) is 24.3 Å². The van der Waals surface area contributed by atoms with Crippen LogP contribution in [0.3, 0.4) is 0 Å². The number of hydrogen-bond donors (Lipinski definition) is 2. The van der Waals surface area contributed by atoms with Crippen LogP contribution in [0.2, 0.25) is 0 Å². The molecule has 6 nitrogen and oxygen atoms in total. The van der Waals surface area contributed by atoms with Crippen LogP contribution >= 0.6 is 0 Å². The van der Waals surface area contributed by atoms with E-state index in [9.17, 15) is 8.42 Å². The molecule has 7 heteroatoms. The minimum atomic E-state index is -3.56. The predicted octanol–water partition coefficient (Wildman–Crippen LogP) is 3.91. The van der Waals surface area contributed by atoms with Crippen LogP contribution in [0, 0.1) is 6.92 Å². The van der Waals surface area contributed by atoms with Crippen LogP contribution in [0.1, 0.15) is 44.9 Å². The lowest BCUT2D eigenvalue weighted by molar-refractivity contribution is 0.193. The van der Waals surface area contributed by atoms with Crippen LogP contribution in [0.5, 0.6) is 5.75 Å². The number of aromatic nitrogens is 1. The van der Waals surface area contributed by atoms with Crippen LogP contribution in [-0.2, 0) is 16.4 Å². The zero-order chi connectivity index (χ0) is 20.6. The Morgan fingerprint density at radius 2 is 1.71 bits per heavy atom. The maximum Gasteiger partial charge on any atom is 0.240 e. The highest BCUT2D eigenvalue weighted by Crippen LogP contribution is 2.19. The summed E-state index contributed by atoms with van der Waals surface area (Å²) in [5.74, 6) is 1.53. The number of rotatable bonds is 11. The Bertz CT molecular complexity index is 848. The summed E-state index contributed by atoms with van der Waals surface area (Å²) in [5.41, 5.74) is 1.92. The molecule has 0 radical (unpaired) electrons. The summed E-state index contributed by atoms with van der Waals surface area (Å²) in [6.45, 7) is 9.23. The third kappa shape index (κ3) is 6.21. The van der Waals surface area contributed by atoms with E-state index in [0.29, 0.717) is 12.2 Å². The standard InChI is InChI=1S/C21H31N3O3S/c1-5-18(6-2)27-19-10-12-20(13-11-19)28(25,26)23-15-14-17-9-8-16(4)21(24-17)22-7-3/h8-13,18,23H,5-7,14-15H2,1-4H3,(H,22,24). The van der Waals surface area contributed by atoms with Gasteiger partial charge < -0.3 is 10.1 Å². The number of sulfonamides is 1. The van der Waals surface area contributed by atoms with Gasteiger partial charge in [-0.25, -0.2) is 18.1 Å². The molecular weight excluding hydrogens is 374 g/mol. The molecule has 1 heterocycles. The third-order valence-electron chi connectivity index (χ3n) is 4.52. The van der Waals surface area contributed by atoms with Gasteiger partial charge in [0.2, 0.25) is 10.0 Å². The molecule has 0 saturated carbocycles. The van der Waals surface area contributed by atoms with Gasteiger partial charge in [-0.1, -0.05) is 19.9 Å². The number of nitrogens with one attached hydrogen (secondary N) is 2. The van der Waals surface area contributed by atoms with Gasteiger partial charge in [0.1, 0.15) is 11.6 Å². The van der Waals surface area contributed by atoms with Gasteiger partial charge in [0.25, 0.3) is 0 Å². The third-order valence-corrected chi connectivity index (χ3v) is 6.00. The molecule has 2 rings (SSSR count). The van der Waals surface area contributed by atoms with E-state index >= 15 is 0 Å². The van der Waals surface area contributed by atoms with Crippen molar-refractivity contribution in [3.8, 4) is 5.75 Å². The van der Waals surface area contributed by atoms with Crippen molar-refractivity contribution in [2.45, 2.75) is 58.0 Å². The van der Waals surface area contributed by atoms with Crippen LogP contribution < -0.4 is 14.8 Å². The molecule has 2 N–H and O–H groups in total. The normalized spacial score (nSPS) is 11.6. The Balaban J connectivity index is 1.95. The molecule has 1 aromatic heterocycles. The lowest BCUT2D eigenvalue weighted by Crippen LogP contribution is -2.26. The van der Waals surface area contributed by atoms with Gasteiger partial charge in [0, 0.05) is 25.2 Å². The lowest BCUT2D eigenvalue weighted by Gasteiger charge is -2.15. The van der Waals surface area contributed by atoms with Crippen LogP contribution in [0.4, 0.5) is 5.82 Å². The highest BCUT2D eigenvalue weighted by atomic mass is 32.2. The number of nitrogens with zero attached hydrogens (tertiary/aromatic N) is 1. The van der Waals surface area contributed by atoms with Gasteiger partial charge in [0.15, 0.2) is 0 Å². The summed E-state index contributed by atoms with van der Waals surface area (Å²) in [4.78, 5) is 4.78. The van der Waals surface area contributed by atoms with Gasteiger partial charge in [-0.15, -0.1) is 0 Å². The van der Waals surface area contributed by atoms with Crippen LogP contribution in [0.25, 0.3) is 0 Å². The molecule has 0 aliphatic rings. The van der Waals surface area contributed by atoms with Gasteiger partial charge in [-0.2, -0.15) is 0 Å². The van der Waals surface area contributed by atoms with Crippen molar-refractivity contribution in [1.29, 1.82) is 0 Å². The maximum absolute atomic E-state index is 12.5. The van der Waals surface area contributed by atoms with E-state index < -0.39 is 10.0 Å². The first-order valence-electron chi connectivity index (χ1n) is 9.86. The topological polar surface area (TPSA) is 80.3 Å². The second-order valence-electron chi connectivity index (χ2n) is 6.67. The van der Waals surface area contributed by atoms with Gasteiger partial charge in [-0.05, 0) is 62.6 Å². The number of aryl methyl sites for hydroxylation is 1. The molecule has 0 spiro atoms. The first-order valence-corrected chi connectivity index (χ1v) is 11.3. The average Bonchev–Trinajstić information content (AvgIpc) is 2.69. The molecule has 0 aliphatic carbocycles. The molecule has 0 aliphatic heterocycles. The molecule has 0 amide bonds. The van der Waals surface area contributed by atoms with Crippen molar-refractivity contribution >= 4 is 15.8 Å². The molecule has 0 bridgehead atoms. The highest BCUT2D eigenvalue weighted by Gasteiger charge is 2.14. The second kappa shape index (κ2) is 10.4. The van der Waals surface area contributed by atoms with Crippen molar-refractivity contribution in [2.75, 3.05) is 18.4 Å². The fourth-order valence-electron chi connectivity index (χ4n) is 2.80. The van der Waals surface area contributed by atoms with Crippen LogP contribution in [0.15, 0.2) is 41.3 Å². The van der Waals surface area contributed by atoms with E-state index in [1.165, 1.54) is 0 Å². The van der Waals surface area contributed by atoms with Crippen molar-refractivity contribution in [1.82, 2.24) is 9.71 Å². The fraction of sp³-hybridized carbons (Fsp3) is 0.476. The number of anilines is 1. The van der Waals surface area contributed by atoms with Gasteiger partial charge >= 0.3 is 0 Å². The average molecular weight is 406 g/mol. The molecule has 28 heavy (non-hydrogen) atoms. The van der Waals surface area contributed by atoms with Crippen molar-refractivity contribution in [3.05, 3.63) is 47.7 Å². The second-order valence-corrected chi connectivity index (χ2v) is 8.44. The van der Waals surface area contributed by atoms with Crippen molar-refractivity contribution in [2.24, 2.45) is 0 Å². The summed E-state index contributed by atoms with van der Waals surface area (Å²) in [6, 6.07) is 10.5. The Labute approximate surface area is 168 Å². The first-order chi connectivity index (χ1) is 13.4. The summed E-state index contributed by atoms with van der Waals surface area (Å²) in [7, 11) is -3.56. The van der Waals surface area contributed by atoms with Crippen molar-refractivity contribution in [3.63, 3.8) is 0 Å². The molecule has 0 atom stereocenters. The Hall–Kier alpha value is -2.12. The fourth-order valence-corrected chi connectivity index (χ4v) is 3.83. The molecule has 0 fully saturated rings. The Morgan fingerprint density at radius 1 is 1.04 bits per heavy atom. The van der Waals surface area contributed by atoms with Gasteiger partial charge in [-0.3, -0.25) is 0 Å². The number of ether oxygens (including phenoxy) is 1. The monoisotopic (exact) mass is 405 g/mol. The zero-order valence-corrected chi connectivity index (χ0v) is 18.0. The first kappa shape index (κ1) is 22.2. The van der Waals surface area contributed by atoms with Crippen LogP contribution in [-0.4, -0.2) is 32.6 Å². The molecular formula is C21H31N3O3S. The van der Waals surface area contributed by atoms with E-state index in [-0.39, 0.29) is 17.5 Å². The summed E-state index contributed by atoms with van der Waals surface area (Å²) in [6.07, 6.45) is 2.50. The Morgan fingerprint density at radius 3 is 2.32 bits per heavy atom. The minimum Gasteiger partial charge on any atom is -0.490 e. The smallest absolute Gasteiger partial charge is 0.240 e. The minimum absolute atomic E-state index is 0.148. The van der Waals surface area contributed by atoms with E-state index in [4.69, 9.17) is 4.74 Å². The molecule has 2 aromatic rings. The zero-order valence-electron chi connectivity index (χ0n) is 17.2. The predicted molar refractivity (Wildman–Crippen MR) is 113 cm³/mol. The molecule has 154 valence electrons. The van der Waals surface area contributed by atoms with Crippen molar-refractivity contribution < 1.29 is 13.2 Å². The Kier molecular flexibility index (Phi) is 8.26. The number of benzene rings is 1. The molecule has 1 aromatic carbocycles. The maximum atomic E-state index is 12.5.